The van der Waals surface area contributed by atoms with E-state index in [0.717, 1.165) is 12.2 Å². The zero-order valence-corrected chi connectivity index (χ0v) is 16.3. The maximum atomic E-state index is 8.74. The summed E-state index contributed by atoms with van der Waals surface area (Å²) in [5.41, 5.74) is 5.58. The van der Waals surface area contributed by atoms with Crippen molar-refractivity contribution in [3.8, 4) is 5.75 Å². The number of H-pyrrole nitrogens is 1. The average molecular weight is 382 g/mol. The Bertz CT molecular complexity index is 831. The molecule has 1 aliphatic carbocycles. The number of rotatable bonds is 3. The molecule has 1 aromatic carbocycles. The van der Waals surface area contributed by atoms with Gasteiger partial charge in [-0.05, 0) is 53.4 Å². The molecule has 0 fully saturated rings. The summed E-state index contributed by atoms with van der Waals surface area (Å²) in [5, 5.41) is 0. The van der Waals surface area contributed by atoms with Crippen LogP contribution in [0.3, 0.4) is 0 Å². The van der Waals surface area contributed by atoms with E-state index < -0.39 is 10.4 Å². The van der Waals surface area contributed by atoms with Crippen LogP contribution in [-0.4, -0.2) is 34.6 Å². The standard InChI is InChI=1S/C18H24N2O.H2O4S/c1-18(2,3)16-8-13-6-5-12(7-14-10-19-11-20-14)15(13)9-17(16)21-4;1-5(2,3)4/h8-12H,5-7H2,1-4H3,(H,19,20);(H2,1,2,3,4). The number of hydrogen-bond donors (Lipinski definition) is 3. The van der Waals surface area contributed by atoms with E-state index in [1.54, 1.807) is 13.4 Å². The van der Waals surface area contributed by atoms with Gasteiger partial charge in [-0.3, -0.25) is 9.11 Å². The summed E-state index contributed by atoms with van der Waals surface area (Å²) in [5.74, 6) is 1.60. The Labute approximate surface area is 154 Å². The molecule has 26 heavy (non-hydrogen) atoms. The number of aromatic nitrogens is 2. The van der Waals surface area contributed by atoms with Crippen LogP contribution >= 0.6 is 0 Å². The highest BCUT2D eigenvalue weighted by Crippen LogP contribution is 2.42. The Kier molecular flexibility index (Phi) is 6.10. The van der Waals surface area contributed by atoms with Crippen LogP contribution in [0.4, 0.5) is 0 Å². The fourth-order valence-electron chi connectivity index (χ4n) is 3.35. The average Bonchev–Trinajstić information content (AvgIpc) is 3.14. The third-order valence-electron chi connectivity index (χ3n) is 4.49. The number of benzene rings is 1. The van der Waals surface area contributed by atoms with Crippen LogP contribution in [0, 0.1) is 0 Å². The van der Waals surface area contributed by atoms with Crippen LogP contribution in [0.2, 0.25) is 0 Å². The quantitative estimate of drug-likeness (QED) is 0.702. The van der Waals surface area contributed by atoms with Crippen LogP contribution < -0.4 is 4.74 Å². The molecule has 1 aliphatic rings. The number of imidazole rings is 1. The molecular weight excluding hydrogens is 356 g/mol. The summed E-state index contributed by atoms with van der Waals surface area (Å²) in [6, 6.07) is 4.63. The molecule has 1 heterocycles. The fourth-order valence-corrected chi connectivity index (χ4v) is 3.35. The molecule has 0 amide bonds. The van der Waals surface area contributed by atoms with Crippen molar-refractivity contribution in [1.82, 2.24) is 9.97 Å². The summed E-state index contributed by atoms with van der Waals surface area (Å²) < 4.78 is 37.2. The van der Waals surface area contributed by atoms with Crippen molar-refractivity contribution in [2.75, 3.05) is 7.11 Å². The molecule has 144 valence electrons. The smallest absolute Gasteiger partial charge is 0.394 e. The lowest BCUT2D eigenvalue weighted by atomic mass is 9.84. The predicted octanol–water partition coefficient (Wildman–Crippen LogP) is 3.34. The monoisotopic (exact) mass is 382 g/mol. The number of ether oxygens (including phenoxy) is 1. The molecule has 3 rings (SSSR count). The first-order chi connectivity index (χ1) is 12.0. The van der Waals surface area contributed by atoms with E-state index in [0.29, 0.717) is 5.92 Å². The van der Waals surface area contributed by atoms with Crippen molar-refractivity contribution in [1.29, 1.82) is 0 Å². The number of aromatic amines is 1. The molecule has 0 saturated heterocycles. The Hall–Kier alpha value is -1.90. The molecule has 0 saturated carbocycles. The highest BCUT2D eigenvalue weighted by molar-refractivity contribution is 7.79. The molecule has 1 aromatic heterocycles. The van der Waals surface area contributed by atoms with Gasteiger partial charge in [0.15, 0.2) is 0 Å². The number of nitrogens with zero attached hydrogens (tertiary/aromatic N) is 1. The lowest BCUT2D eigenvalue weighted by Crippen LogP contribution is -2.14. The van der Waals surface area contributed by atoms with Crippen LogP contribution in [0.15, 0.2) is 24.7 Å². The molecule has 0 radical (unpaired) electrons. The van der Waals surface area contributed by atoms with Gasteiger partial charge in [0, 0.05) is 11.9 Å². The second-order valence-corrected chi connectivity index (χ2v) is 8.36. The zero-order valence-electron chi connectivity index (χ0n) is 15.5. The third kappa shape index (κ3) is 5.55. The maximum absolute atomic E-state index is 8.74. The first-order valence-corrected chi connectivity index (χ1v) is 9.77. The summed E-state index contributed by atoms with van der Waals surface area (Å²) >= 11 is 0. The van der Waals surface area contributed by atoms with Gasteiger partial charge in [0.25, 0.3) is 0 Å². The van der Waals surface area contributed by atoms with Crippen LogP contribution in [-0.2, 0) is 28.7 Å². The largest absolute Gasteiger partial charge is 0.496 e. The predicted molar refractivity (Wildman–Crippen MR) is 99.2 cm³/mol. The second kappa shape index (κ2) is 7.77. The first-order valence-electron chi connectivity index (χ1n) is 8.37. The van der Waals surface area contributed by atoms with Gasteiger partial charge in [-0.15, -0.1) is 0 Å². The van der Waals surface area contributed by atoms with E-state index >= 15 is 0 Å². The van der Waals surface area contributed by atoms with Gasteiger partial charge in [-0.25, -0.2) is 4.98 Å². The third-order valence-corrected chi connectivity index (χ3v) is 4.49. The van der Waals surface area contributed by atoms with E-state index in [1.807, 2.05) is 6.20 Å². The van der Waals surface area contributed by atoms with Gasteiger partial charge in [0.05, 0.1) is 13.4 Å². The molecule has 2 aromatic rings. The van der Waals surface area contributed by atoms with Gasteiger partial charge in [0.1, 0.15) is 5.75 Å². The molecule has 1 unspecified atom stereocenters. The SMILES string of the molecule is COc1cc2c(cc1C(C)(C)C)CCC2Cc1cnc[nH]1.O=S(=O)(O)O. The van der Waals surface area contributed by atoms with Crippen LogP contribution in [0.5, 0.6) is 5.75 Å². The summed E-state index contributed by atoms with van der Waals surface area (Å²) in [7, 11) is -2.89. The van der Waals surface area contributed by atoms with E-state index in [1.165, 1.54) is 35.2 Å². The van der Waals surface area contributed by atoms with Crippen LogP contribution in [0.25, 0.3) is 0 Å². The Balaban J connectivity index is 0.000000431. The molecular formula is C18H26N2O5S. The first kappa shape index (κ1) is 20.4. The highest BCUT2D eigenvalue weighted by atomic mass is 32.3. The van der Waals surface area contributed by atoms with Crippen molar-refractivity contribution in [2.45, 2.75) is 51.4 Å². The Morgan fingerprint density at radius 2 is 1.96 bits per heavy atom. The second-order valence-electron chi connectivity index (χ2n) is 7.47. The Morgan fingerprint density at radius 3 is 2.46 bits per heavy atom. The number of nitrogens with one attached hydrogen (secondary N) is 1. The van der Waals surface area contributed by atoms with Crippen molar-refractivity contribution in [2.24, 2.45) is 0 Å². The topological polar surface area (TPSA) is 113 Å². The van der Waals surface area contributed by atoms with Gasteiger partial charge in [0.2, 0.25) is 0 Å². The fraction of sp³-hybridized carbons (Fsp3) is 0.500. The van der Waals surface area contributed by atoms with E-state index in [4.69, 9.17) is 22.3 Å². The van der Waals surface area contributed by atoms with Crippen molar-refractivity contribution in [3.63, 3.8) is 0 Å². The van der Waals surface area contributed by atoms with Crippen molar-refractivity contribution < 1.29 is 22.3 Å². The van der Waals surface area contributed by atoms with Crippen LogP contribution in [0.1, 0.15) is 55.5 Å². The molecule has 8 heteroatoms. The normalized spacial score (nSPS) is 16.6. The summed E-state index contributed by atoms with van der Waals surface area (Å²) in [4.78, 5) is 7.34. The van der Waals surface area contributed by atoms with E-state index in [9.17, 15) is 0 Å². The van der Waals surface area contributed by atoms with Gasteiger partial charge < -0.3 is 9.72 Å². The number of fused-ring (bicyclic) bond motifs is 1. The minimum Gasteiger partial charge on any atom is -0.496 e. The maximum Gasteiger partial charge on any atom is 0.394 e. The minimum absolute atomic E-state index is 0.113. The number of hydrogen-bond acceptors (Lipinski definition) is 4. The van der Waals surface area contributed by atoms with E-state index in [-0.39, 0.29) is 5.41 Å². The lowest BCUT2D eigenvalue weighted by molar-refractivity contribution is 0.381. The summed E-state index contributed by atoms with van der Waals surface area (Å²) in [6.45, 7) is 6.73. The molecule has 0 aliphatic heterocycles. The van der Waals surface area contributed by atoms with Crippen molar-refractivity contribution >= 4 is 10.4 Å². The van der Waals surface area contributed by atoms with Gasteiger partial charge in [-0.1, -0.05) is 26.8 Å². The Morgan fingerprint density at radius 1 is 1.31 bits per heavy atom. The lowest BCUT2D eigenvalue weighted by Gasteiger charge is -2.24. The molecule has 0 spiro atoms. The van der Waals surface area contributed by atoms with Gasteiger partial charge >= 0.3 is 10.4 Å². The molecule has 3 N–H and O–H groups in total. The molecule has 7 nitrogen and oxygen atoms in total. The minimum atomic E-state index is -4.67. The molecule has 1 atom stereocenters. The van der Waals surface area contributed by atoms with E-state index in [2.05, 4.69) is 42.9 Å². The zero-order chi connectivity index (χ0) is 19.5. The number of aryl methyl sites for hydroxylation is 1. The molecule has 0 bridgehead atoms. The highest BCUT2D eigenvalue weighted by Gasteiger charge is 2.28. The van der Waals surface area contributed by atoms with Crippen molar-refractivity contribution in [3.05, 3.63) is 47.0 Å². The van der Waals surface area contributed by atoms with Gasteiger partial charge in [-0.2, -0.15) is 8.42 Å². The number of methoxy groups -OCH3 is 1. The summed E-state index contributed by atoms with van der Waals surface area (Å²) in [6.07, 6.45) is 7.10.